The minimum Gasteiger partial charge on any atom is -0.382 e. The van der Waals surface area contributed by atoms with Crippen molar-refractivity contribution in [1.29, 1.82) is 0 Å². The highest BCUT2D eigenvalue weighted by Crippen LogP contribution is 2.30. The van der Waals surface area contributed by atoms with E-state index in [0.717, 1.165) is 47.3 Å². The first kappa shape index (κ1) is 14.5. The van der Waals surface area contributed by atoms with Crippen molar-refractivity contribution in [3.63, 3.8) is 0 Å². The maximum absolute atomic E-state index is 6.11. The van der Waals surface area contributed by atoms with Crippen molar-refractivity contribution in [2.24, 2.45) is 0 Å². The number of hydrogen-bond donors (Lipinski definition) is 1. The van der Waals surface area contributed by atoms with Crippen LogP contribution >= 0.6 is 0 Å². The number of hydrogen-bond acceptors (Lipinski definition) is 4. The molecule has 1 aromatic carbocycles. The van der Waals surface area contributed by atoms with Crippen LogP contribution in [-0.2, 0) is 4.74 Å². The monoisotopic (exact) mass is 333 g/mol. The molecule has 1 aliphatic heterocycles. The summed E-state index contributed by atoms with van der Waals surface area (Å²) in [6.45, 7) is 0.797. The summed E-state index contributed by atoms with van der Waals surface area (Å²) in [5, 5.41) is 4.50. The van der Waals surface area contributed by atoms with Crippen LogP contribution in [0.3, 0.4) is 0 Å². The van der Waals surface area contributed by atoms with E-state index in [1.165, 1.54) is 6.42 Å². The van der Waals surface area contributed by atoms with Crippen LogP contribution in [0.15, 0.2) is 48.8 Å². The van der Waals surface area contributed by atoms with Gasteiger partial charge < -0.3 is 14.9 Å². The summed E-state index contributed by atoms with van der Waals surface area (Å²) < 4.78 is 9.96. The van der Waals surface area contributed by atoms with Crippen LogP contribution in [0.1, 0.15) is 25.5 Å². The molecular formula is C19H19N5O. The molecule has 25 heavy (non-hydrogen) atoms. The first-order chi connectivity index (χ1) is 12.3. The highest BCUT2D eigenvalue weighted by molar-refractivity contribution is 5.87. The molecule has 2 N–H and O–H groups in total. The molecule has 5 rings (SSSR count). The average Bonchev–Trinajstić information content (AvgIpc) is 3.32. The molecule has 0 radical (unpaired) electrons. The first-order valence-corrected chi connectivity index (χ1v) is 8.63. The SMILES string of the molecule is Nc1nc2cc(-c3ccnn3C3CCCCO3)ccc2n2cccc12. The normalized spacial score (nSPS) is 18.2. The highest BCUT2D eigenvalue weighted by atomic mass is 16.5. The average molecular weight is 333 g/mol. The second kappa shape index (κ2) is 5.60. The number of nitrogen functional groups attached to an aromatic ring is 1. The number of nitrogens with zero attached hydrogens (tertiary/aromatic N) is 4. The fraction of sp³-hybridized carbons (Fsp3) is 0.263. The number of aromatic nitrogens is 4. The van der Waals surface area contributed by atoms with Crippen LogP contribution in [0.25, 0.3) is 27.8 Å². The maximum Gasteiger partial charge on any atom is 0.150 e. The smallest absolute Gasteiger partial charge is 0.150 e. The molecule has 3 aromatic heterocycles. The van der Waals surface area contributed by atoms with Crippen LogP contribution in [-0.4, -0.2) is 25.8 Å². The van der Waals surface area contributed by atoms with Gasteiger partial charge in [0.05, 0.1) is 22.2 Å². The largest absolute Gasteiger partial charge is 0.382 e. The molecule has 0 aliphatic carbocycles. The lowest BCUT2D eigenvalue weighted by atomic mass is 10.1. The molecular weight excluding hydrogens is 314 g/mol. The molecule has 1 saturated heterocycles. The minimum atomic E-state index is 0.0133. The third-order valence-corrected chi connectivity index (χ3v) is 4.88. The van der Waals surface area contributed by atoms with E-state index in [9.17, 15) is 0 Å². The van der Waals surface area contributed by atoms with E-state index in [1.54, 1.807) is 0 Å². The van der Waals surface area contributed by atoms with Gasteiger partial charge in [0.2, 0.25) is 0 Å². The summed E-state index contributed by atoms with van der Waals surface area (Å²) in [7, 11) is 0. The quantitative estimate of drug-likeness (QED) is 0.608. The molecule has 6 nitrogen and oxygen atoms in total. The molecule has 0 bridgehead atoms. The van der Waals surface area contributed by atoms with Crippen molar-refractivity contribution in [3.8, 4) is 11.3 Å². The van der Waals surface area contributed by atoms with Gasteiger partial charge in [0.1, 0.15) is 5.82 Å². The Balaban J connectivity index is 1.64. The van der Waals surface area contributed by atoms with E-state index >= 15 is 0 Å². The summed E-state index contributed by atoms with van der Waals surface area (Å²) in [5.41, 5.74) is 11.1. The van der Waals surface area contributed by atoms with Crippen LogP contribution in [0, 0.1) is 0 Å². The van der Waals surface area contributed by atoms with Gasteiger partial charge in [-0.05, 0) is 49.6 Å². The van der Waals surface area contributed by atoms with Gasteiger partial charge >= 0.3 is 0 Å². The van der Waals surface area contributed by atoms with Crippen LogP contribution < -0.4 is 5.73 Å². The summed E-state index contributed by atoms with van der Waals surface area (Å²) in [4.78, 5) is 4.58. The molecule has 1 atom stereocenters. The van der Waals surface area contributed by atoms with Crippen LogP contribution in [0.5, 0.6) is 0 Å². The zero-order chi connectivity index (χ0) is 16.8. The Kier molecular flexibility index (Phi) is 3.24. The standard InChI is InChI=1S/C19H19N5O/c20-19-17-4-3-10-23(17)16-7-6-13(12-14(16)22-19)15-8-9-21-24(15)18-5-1-2-11-25-18/h3-4,6-10,12,18H,1-2,5,11H2,(H2,20,22). The highest BCUT2D eigenvalue weighted by Gasteiger charge is 2.20. The van der Waals surface area contributed by atoms with E-state index in [2.05, 4.69) is 32.7 Å². The Bertz CT molecular complexity index is 1060. The molecule has 4 aromatic rings. The van der Waals surface area contributed by atoms with Gasteiger partial charge in [0.25, 0.3) is 0 Å². The third-order valence-electron chi connectivity index (χ3n) is 4.88. The molecule has 4 heterocycles. The zero-order valence-electron chi connectivity index (χ0n) is 13.8. The number of fused-ring (bicyclic) bond motifs is 3. The second-order valence-electron chi connectivity index (χ2n) is 6.45. The van der Waals surface area contributed by atoms with Gasteiger partial charge in [-0.15, -0.1) is 0 Å². The number of nitrogens with two attached hydrogens (primary N) is 1. The van der Waals surface area contributed by atoms with E-state index in [4.69, 9.17) is 10.5 Å². The molecule has 1 fully saturated rings. The van der Waals surface area contributed by atoms with Gasteiger partial charge in [-0.2, -0.15) is 5.10 Å². The Morgan fingerprint density at radius 3 is 2.96 bits per heavy atom. The molecule has 126 valence electrons. The summed E-state index contributed by atoms with van der Waals surface area (Å²) in [6.07, 6.45) is 7.14. The lowest BCUT2D eigenvalue weighted by molar-refractivity contribution is -0.0383. The molecule has 0 amide bonds. The first-order valence-electron chi connectivity index (χ1n) is 8.63. The van der Waals surface area contributed by atoms with Gasteiger partial charge in [0.15, 0.2) is 6.23 Å². The molecule has 1 aliphatic rings. The van der Waals surface area contributed by atoms with Gasteiger partial charge in [0, 0.05) is 24.6 Å². The Hall–Kier alpha value is -2.86. The molecule has 6 heteroatoms. The number of benzene rings is 1. The van der Waals surface area contributed by atoms with Crippen LogP contribution in [0.2, 0.25) is 0 Å². The minimum absolute atomic E-state index is 0.0133. The summed E-state index contributed by atoms with van der Waals surface area (Å²) >= 11 is 0. The third kappa shape index (κ3) is 2.29. The van der Waals surface area contributed by atoms with Crippen molar-refractivity contribution < 1.29 is 4.74 Å². The predicted molar refractivity (Wildman–Crippen MR) is 97.2 cm³/mol. The lowest BCUT2D eigenvalue weighted by Crippen LogP contribution is -2.19. The van der Waals surface area contributed by atoms with E-state index in [-0.39, 0.29) is 6.23 Å². The van der Waals surface area contributed by atoms with Gasteiger partial charge in [-0.3, -0.25) is 0 Å². The van der Waals surface area contributed by atoms with Crippen molar-refractivity contribution in [2.75, 3.05) is 12.3 Å². The lowest BCUT2D eigenvalue weighted by Gasteiger charge is -2.24. The number of ether oxygens (including phenoxy) is 1. The van der Waals surface area contributed by atoms with Crippen molar-refractivity contribution in [1.82, 2.24) is 19.2 Å². The molecule has 0 spiro atoms. The van der Waals surface area contributed by atoms with Gasteiger partial charge in [-0.25, -0.2) is 9.67 Å². The number of rotatable bonds is 2. The number of anilines is 1. The van der Waals surface area contributed by atoms with Crippen LogP contribution in [0.4, 0.5) is 5.82 Å². The topological polar surface area (TPSA) is 70.4 Å². The Morgan fingerprint density at radius 1 is 1.12 bits per heavy atom. The predicted octanol–water partition coefficient (Wildman–Crippen LogP) is 3.63. The summed E-state index contributed by atoms with van der Waals surface area (Å²) in [6, 6.07) is 12.2. The molecule has 0 saturated carbocycles. The fourth-order valence-corrected chi connectivity index (χ4v) is 3.65. The van der Waals surface area contributed by atoms with Crippen molar-refractivity contribution in [2.45, 2.75) is 25.5 Å². The van der Waals surface area contributed by atoms with E-state index in [0.29, 0.717) is 5.82 Å². The summed E-state index contributed by atoms with van der Waals surface area (Å²) in [5.74, 6) is 0.541. The molecule has 1 unspecified atom stereocenters. The maximum atomic E-state index is 6.11. The Morgan fingerprint density at radius 2 is 2.08 bits per heavy atom. The Labute approximate surface area is 144 Å². The fourth-order valence-electron chi connectivity index (χ4n) is 3.65. The van der Waals surface area contributed by atoms with E-state index in [1.807, 2.05) is 35.3 Å². The van der Waals surface area contributed by atoms with Crippen molar-refractivity contribution >= 4 is 22.4 Å². The van der Waals surface area contributed by atoms with Crippen molar-refractivity contribution in [3.05, 3.63) is 48.8 Å². The second-order valence-corrected chi connectivity index (χ2v) is 6.45. The van der Waals surface area contributed by atoms with Gasteiger partial charge in [-0.1, -0.05) is 6.07 Å². The zero-order valence-corrected chi connectivity index (χ0v) is 13.8. The van der Waals surface area contributed by atoms with E-state index < -0.39 is 0 Å².